The molecule has 1 amide bonds. The van der Waals surface area contributed by atoms with Crippen LogP contribution in [0.3, 0.4) is 0 Å². The van der Waals surface area contributed by atoms with E-state index in [1.807, 2.05) is 0 Å². The highest BCUT2D eigenvalue weighted by Crippen LogP contribution is 2.19. The summed E-state index contributed by atoms with van der Waals surface area (Å²) in [6, 6.07) is 0.120. The molecule has 12 heavy (non-hydrogen) atoms. The fourth-order valence-corrected chi connectivity index (χ4v) is 1.42. The van der Waals surface area contributed by atoms with Crippen molar-refractivity contribution in [3.8, 4) is 0 Å². The van der Waals surface area contributed by atoms with E-state index in [1.54, 1.807) is 7.05 Å². The van der Waals surface area contributed by atoms with Gasteiger partial charge in [-0.05, 0) is 19.3 Å². The summed E-state index contributed by atoms with van der Waals surface area (Å²) in [5.41, 5.74) is 5.75. The summed E-state index contributed by atoms with van der Waals surface area (Å²) in [5, 5.41) is 2.50. The molecule has 4 nitrogen and oxygen atoms in total. The molecule has 0 radical (unpaired) electrons. The Balaban J connectivity index is 2.18. The van der Waals surface area contributed by atoms with Crippen LogP contribution < -0.4 is 11.1 Å². The van der Waals surface area contributed by atoms with Crippen LogP contribution >= 0.6 is 0 Å². The first-order valence-electron chi connectivity index (χ1n) is 4.32. The molecule has 2 unspecified atom stereocenters. The molecule has 0 bridgehead atoms. The zero-order valence-electron chi connectivity index (χ0n) is 7.38. The van der Waals surface area contributed by atoms with E-state index in [2.05, 4.69) is 5.32 Å². The van der Waals surface area contributed by atoms with Crippen molar-refractivity contribution in [2.24, 2.45) is 5.73 Å². The third kappa shape index (κ3) is 2.46. The number of nitrogens with two attached hydrogens (primary N) is 1. The molecule has 70 valence electrons. The van der Waals surface area contributed by atoms with Crippen molar-refractivity contribution in [1.29, 1.82) is 0 Å². The highest BCUT2D eigenvalue weighted by Gasteiger charge is 2.24. The van der Waals surface area contributed by atoms with Gasteiger partial charge in [0.15, 0.2) is 0 Å². The van der Waals surface area contributed by atoms with Gasteiger partial charge in [-0.25, -0.2) is 0 Å². The maximum atomic E-state index is 10.8. The molecule has 0 aromatic heterocycles. The monoisotopic (exact) mass is 172 g/mol. The largest absolute Gasteiger partial charge is 0.367 e. The molecule has 1 rings (SSSR count). The molecule has 4 heteroatoms. The van der Waals surface area contributed by atoms with E-state index >= 15 is 0 Å². The molecule has 0 aromatic rings. The van der Waals surface area contributed by atoms with Crippen LogP contribution in [0.4, 0.5) is 0 Å². The Morgan fingerprint density at radius 3 is 2.92 bits per heavy atom. The van der Waals surface area contributed by atoms with E-state index in [-0.39, 0.29) is 24.7 Å². The van der Waals surface area contributed by atoms with Gasteiger partial charge in [0.2, 0.25) is 5.91 Å². The fraction of sp³-hybridized carbons (Fsp3) is 0.875. The SMILES string of the molecule is CNC(=O)COC1CCCC1N. The van der Waals surface area contributed by atoms with Crippen molar-refractivity contribution >= 4 is 5.91 Å². The molecule has 0 heterocycles. The molecule has 2 atom stereocenters. The lowest BCUT2D eigenvalue weighted by Crippen LogP contribution is -2.34. The predicted octanol–water partition coefficient (Wildman–Crippen LogP) is -0.371. The zero-order chi connectivity index (χ0) is 8.97. The number of amides is 1. The number of carbonyl (C=O) groups excluding carboxylic acids is 1. The predicted molar refractivity (Wildman–Crippen MR) is 45.6 cm³/mol. The standard InChI is InChI=1S/C8H16N2O2/c1-10-8(11)5-12-7-4-2-3-6(7)9/h6-7H,2-5,9H2,1H3,(H,10,11). The molecule has 3 N–H and O–H groups in total. The van der Waals surface area contributed by atoms with Crippen LogP contribution in [-0.4, -0.2) is 31.7 Å². The second kappa shape index (κ2) is 4.42. The Bertz CT molecular complexity index is 161. The topological polar surface area (TPSA) is 64.3 Å². The summed E-state index contributed by atoms with van der Waals surface area (Å²) < 4.78 is 5.33. The van der Waals surface area contributed by atoms with Crippen molar-refractivity contribution in [2.75, 3.05) is 13.7 Å². The number of likely N-dealkylation sites (N-methyl/N-ethyl adjacent to an activating group) is 1. The smallest absolute Gasteiger partial charge is 0.245 e. The van der Waals surface area contributed by atoms with Crippen LogP contribution in [0.25, 0.3) is 0 Å². The van der Waals surface area contributed by atoms with Gasteiger partial charge in [-0.15, -0.1) is 0 Å². The number of hydrogen-bond donors (Lipinski definition) is 2. The summed E-state index contributed by atoms with van der Waals surface area (Å²) in [5.74, 6) is -0.0888. The lowest BCUT2D eigenvalue weighted by atomic mass is 10.2. The van der Waals surface area contributed by atoms with Gasteiger partial charge in [-0.2, -0.15) is 0 Å². The summed E-state index contributed by atoms with van der Waals surface area (Å²) in [4.78, 5) is 10.8. The zero-order valence-corrected chi connectivity index (χ0v) is 7.38. The summed E-state index contributed by atoms with van der Waals surface area (Å²) in [7, 11) is 1.60. The maximum absolute atomic E-state index is 10.8. The summed E-state index contributed by atoms with van der Waals surface area (Å²) in [6.07, 6.45) is 3.19. The van der Waals surface area contributed by atoms with Gasteiger partial charge in [0.25, 0.3) is 0 Å². The highest BCUT2D eigenvalue weighted by molar-refractivity contribution is 5.76. The lowest BCUT2D eigenvalue weighted by molar-refractivity contribution is -0.127. The number of hydrogen-bond acceptors (Lipinski definition) is 3. The van der Waals surface area contributed by atoms with Gasteiger partial charge in [0, 0.05) is 13.1 Å². The van der Waals surface area contributed by atoms with Crippen molar-refractivity contribution in [1.82, 2.24) is 5.32 Å². The van der Waals surface area contributed by atoms with Crippen LogP contribution in [-0.2, 0) is 9.53 Å². The van der Waals surface area contributed by atoms with Crippen LogP contribution in [0.15, 0.2) is 0 Å². The Morgan fingerprint density at radius 1 is 1.67 bits per heavy atom. The molecular weight excluding hydrogens is 156 g/mol. The lowest BCUT2D eigenvalue weighted by Gasteiger charge is -2.15. The van der Waals surface area contributed by atoms with Gasteiger partial charge in [0.05, 0.1) is 6.10 Å². The summed E-state index contributed by atoms with van der Waals surface area (Å²) in [6.45, 7) is 0.134. The molecule has 0 aromatic carbocycles. The molecule has 0 spiro atoms. The van der Waals surface area contributed by atoms with E-state index < -0.39 is 0 Å². The first kappa shape index (κ1) is 9.48. The molecule has 1 fully saturated rings. The Labute approximate surface area is 72.5 Å². The van der Waals surface area contributed by atoms with E-state index in [4.69, 9.17) is 10.5 Å². The van der Waals surface area contributed by atoms with E-state index in [0.717, 1.165) is 19.3 Å². The van der Waals surface area contributed by atoms with Gasteiger partial charge in [-0.3, -0.25) is 4.79 Å². The number of ether oxygens (including phenoxy) is 1. The van der Waals surface area contributed by atoms with Crippen molar-refractivity contribution in [3.05, 3.63) is 0 Å². The van der Waals surface area contributed by atoms with E-state index in [1.165, 1.54) is 0 Å². The molecule has 1 saturated carbocycles. The molecule has 0 saturated heterocycles. The maximum Gasteiger partial charge on any atom is 0.245 e. The minimum atomic E-state index is -0.0888. The fourth-order valence-electron chi connectivity index (χ4n) is 1.42. The van der Waals surface area contributed by atoms with Crippen LogP contribution in [0.2, 0.25) is 0 Å². The Morgan fingerprint density at radius 2 is 2.42 bits per heavy atom. The van der Waals surface area contributed by atoms with Gasteiger partial charge < -0.3 is 15.8 Å². The second-order valence-electron chi connectivity index (χ2n) is 3.12. The average molecular weight is 172 g/mol. The Kier molecular flexibility index (Phi) is 3.49. The average Bonchev–Trinajstić information content (AvgIpc) is 2.47. The van der Waals surface area contributed by atoms with Crippen molar-refractivity contribution < 1.29 is 9.53 Å². The van der Waals surface area contributed by atoms with Gasteiger partial charge >= 0.3 is 0 Å². The van der Waals surface area contributed by atoms with Crippen LogP contribution in [0.1, 0.15) is 19.3 Å². The number of rotatable bonds is 3. The van der Waals surface area contributed by atoms with Crippen molar-refractivity contribution in [2.45, 2.75) is 31.4 Å². The molecular formula is C8H16N2O2. The van der Waals surface area contributed by atoms with Crippen molar-refractivity contribution in [3.63, 3.8) is 0 Å². The highest BCUT2D eigenvalue weighted by atomic mass is 16.5. The van der Waals surface area contributed by atoms with Gasteiger partial charge in [-0.1, -0.05) is 0 Å². The molecule has 1 aliphatic rings. The Hall–Kier alpha value is -0.610. The quantitative estimate of drug-likeness (QED) is 0.610. The minimum Gasteiger partial charge on any atom is -0.367 e. The normalized spacial score (nSPS) is 28.8. The number of carbonyl (C=O) groups is 1. The first-order chi connectivity index (χ1) is 5.74. The van der Waals surface area contributed by atoms with Crippen LogP contribution in [0.5, 0.6) is 0 Å². The van der Waals surface area contributed by atoms with E-state index in [9.17, 15) is 4.79 Å². The van der Waals surface area contributed by atoms with E-state index in [0.29, 0.717) is 0 Å². The number of nitrogens with one attached hydrogen (secondary N) is 1. The minimum absolute atomic E-state index is 0.0855. The third-order valence-electron chi connectivity index (χ3n) is 2.21. The summed E-state index contributed by atoms with van der Waals surface area (Å²) >= 11 is 0. The molecule has 1 aliphatic carbocycles. The third-order valence-corrected chi connectivity index (χ3v) is 2.21. The molecule has 0 aliphatic heterocycles. The second-order valence-corrected chi connectivity index (χ2v) is 3.12. The van der Waals surface area contributed by atoms with Crippen LogP contribution in [0, 0.1) is 0 Å². The first-order valence-corrected chi connectivity index (χ1v) is 4.32. The van der Waals surface area contributed by atoms with Gasteiger partial charge in [0.1, 0.15) is 6.61 Å².